The summed E-state index contributed by atoms with van der Waals surface area (Å²) < 4.78 is 34.3. The molecule has 0 N–H and O–H groups in total. The standard InChI is InChI=1S/C27H32N8O4S/c1-19-5-4-6-20(17-19)21-7-8-35(30-21)23-18-22(32-13-15-39-16-14-32)24-25(28-23)31(2)26(29-24)27(36)33-9-11-34(12-10-33)40(3,37)38/h4-8,17-18H,9-16H2,1-3H3. The Bertz CT molecular complexity index is 1680. The summed E-state index contributed by atoms with van der Waals surface area (Å²) in [7, 11) is -1.51. The van der Waals surface area contributed by atoms with E-state index in [-0.39, 0.29) is 24.8 Å². The number of hydrogen-bond donors (Lipinski definition) is 0. The van der Waals surface area contributed by atoms with Crippen molar-refractivity contribution in [3.63, 3.8) is 0 Å². The van der Waals surface area contributed by atoms with E-state index < -0.39 is 10.0 Å². The molecule has 1 aromatic carbocycles. The Labute approximate surface area is 232 Å². The van der Waals surface area contributed by atoms with Gasteiger partial charge in [-0.15, -0.1) is 0 Å². The van der Waals surface area contributed by atoms with Gasteiger partial charge in [-0.3, -0.25) is 4.79 Å². The highest BCUT2D eigenvalue weighted by Gasteiger charge is 2.30. The number of anilines is 1. The molecule has 2 saturated heterocycles. The molecule has 0 bridgehead atoms. The molecule has 0 atom stereocenters. The van der Waals surface area contributed by atoms with Gasteiger partial charge >= 0.3 is 0 Å². The molecule has 0 radical (unpaired) electrons. The van der Waals surface area contributed by atoms with Crippen LogP contribution in [-0.2, 0) is 21.8 Å². The van der Waals surface area contributed by atoms with Gasteiger partial charge in [-0.05, 0) is 19.1 Å². The van der Waals surface area contributed by atoms with Crippen LogP contribution in [0.25, 0.3) is 28.2 Å². The summed E-state index contributed by atoms with van der Waals surface area (Å²) >= 11 is 0. The van der Waals surface area contributed by atoms with Gasteiger partial charge in [0.25, 0.3) is 5.91 Å². The number of fused-ring (bicyclic) bond motifs is 1. The molecule has 2 aliphatic heterocycles. The first-order valence-electron chi connectivity index (χ1n) is 13.3. The van der Waals surface area contributed by atoms with Crippen LogP contribution in [0.3, 0.4) is 0 Å². The molecule has 1 amide bonds. The van der Waals surface area contributed by atoms with Crippen molar-refractivity contribution in [2.24, 2.45) is 7.05 Å². The van der Waals surface area contributed by atoms with Crippen molar-refractivity contribution in [2.45, 2.75) is 6.92 Å². The van der Waals surface area contributed by atoms with Crippen molar-refractivity contribution in [2.75, 3.05) is 63.6 Å². The lowest BCUT2D eigenvalue weighted by molar-refractivity contribution is 0.0683. The number of aryl methyl sites for hydroxylation is 2. The number of piperazine rings is 1. The zero-order chi connectivity index (χ0) is 28.0. The van der Waals surface area contributed by atoms with Crippen molar-refractivity contribution in [1.82, 2.24) is 33.5 Å². The Morgan fingerprint density at radius 3 is 2.42 bits per heavy atom. The van der Waals surface area contributed by atoms with E-state index in [1.807, 2.05) is 30.5 Å². The molecule has 13 heteroatoms. The van der Waals surface area contributed by atoms with Crippen LogP contribution in [0, 0.1) is 6.92 Å². The average molecular weight is 565 g/mol. The predicted molar refractivity (Wildman–Crippen MR) is 151 cm³/mol. The van der Waals surface area contributed by atoms with Crippen LogP contribution in [0.2, 0.25) is 0 Å². The fraction of sp³-hybridized carbons (Fsp3) is 0.407. The number of nitrogens with zero attached hydrogens (tertiary/aromatic N) is 8. The summed E-state index contributed by atoms with van der Waals surface area (Å²) in [5.41, 5.74) is 5.10. The first kappa shape index (κ1) is 26.4. The van der Waals surface area contributed by atoms with E-state index in [4.69, 9.17) is 19.8 Å². The number of ether oxygens (including phenoxy) is 1. The minimum atomic E-state index is -3.30. The number of amides is 1. The zero-order valence-corrected chi connectivity index (χ0v) is 23.6. The van der Waals surface area contributed by atoms with Crippen molar-refractivity contribution in [3.8, 4) is 17.1 Å². The Kier molecular flexibility index (Phi) is 6.80. The zero-order valence-electron chi connectivity index (χ0n) is 22.8. The van der Waals surface area contributed by atoms with E-state index in [2.05, 4.69) is 24.0 Å². The Morgan fingerprint density at radius 2 is 1.73 bits per heavy atom. The smallest absolute Gasteiger partial charge is 0.290 e. The Morgan fingerprint density at radius 1 is 0.975 bits per heavy atom. The number of aromatic nitrogens is 5. The molecule has 2 fully saturated rings. The van der Waals surface area contributed by atoms with Crippen LogP contribution in [-0.4, -0.2) is 107 Å². The fourth-order valence-corrected chi connectivity index (χ4v) is 6.08. The van der Waals surface area contributed by atoms with Crippen molar-refractivity contribution in [1.29, 1.82) is 0 Å². The molecule has 0 unspecified atom stereocenters. The van der Waals surface area contributed by atoms with Gasteiger partial charge in [0.05, 0.1) is 30.9 Å². The first-order valence-corrected chi connectivity index (χ1v) is 15.1. The van der Waals surface area contributed by atoms with Gasteiger partial charge in [-0.1, -0.05) is 23.8 Å². The monoisotopic (exact) mass is 564 g/mol. The van der Waals surface area contributed by atoms with Gasteiger partial charge in [0.15, 0.2) is 11.5 Å². The number of imidazole rings is 1. The predicted octanol–water partition coefficient (Wildman–Crippen LogP) is 1.68. The number of morpholine rings is 1. The summed E-state index contributed by atoms with van der Waals surface area (Å²) in [5.74, 6) is 0.642. The van der Waals surface area contributed by atoms with Gasteiger partial charge in [-0.25, -0.2) is 23.1 Å². The van der Waals surface area contributed by atoms with E-state index in [1.165, 1.54) is 10.6 Å². The number of carbonyl (C=O) groups is 1. The van der Waals surface area contributed by atoms with Crippen LogP contribution in [0.4, 0.5) is 5.69 Å². The van der Waals surface area contributed by atoms with Gasteiger partial charge in [0.2, 0.25) is 15.8 Å². The largest absolute Gasteiger partial charge is 0.378 e. The van der Waals surface area contributed by atoms with Gasteiger partial charge in [-0.2, -0.15) is 9.40 Å². The van der Waals surface area contributed by atoms with E-state index in [9.17, 15) is 13.2 Å². The minimum Gasteiger partial charge on any atom is -0.378 e. The maximum Gasteiger partial charge on any atom is 0.290 e. The fourth-order valence-electron chi connectivity index (χ4n) is 5.25. The molecule has 0 saturated carbocycles. The second kappa shape index (κ2) is 10.3. The van der Waals surface area contributed by atoms with Crippen LogP contribution in [0.5, 0.6) is 0 Å². The van der Waals surface area contributed by atoms with E-state index in [0.717, 1.165) is 22.5 Å². The molecule has 40 heavy (non-hydrogen) atoms. The lowest BCUT2D eigenvalue weighted by Crippen LogP contribution is -2.50. The van der Waals surface area contributed by atoms with E-state index >= 15 is 0 Å². The molecular formula is C27H32N8O4S. The molecule has 3 aromatic heterocycles. The highest BCUT2D eigenvalue weighted by molar-refractivity contribution is 7.88. The molecule has 0 spiro atoms. The van der Waals surface area contributed by atoms with Crippen LogP contribution in [0.15, 0.2) is 42.6 Å². The molecule has 4 aromatic rings. The normalized spacial score (nSPS) is 17.1. The molecule has 2 aliphatic rings. The SMILES string of the molecule is Cc1cccc(-c2ccn(-c3cc(N4CCOCC4)c4nc(C(=O)N5CCN(S(C)(=O)=O)CC5)n(C)c4n3)n2)c1. The summed E-state index contributed by atoms with van der Waals surface area (Å²) in [6, 6.07) is 12.1. The number of hydrogen-bond acceptors (Lipinski definition) is 8. The summed E-state index contributed by atoms with van der Waals surface area (Å²) in [4.78, 5) is 27.1. The summed E-state index contributed by atoms with van der Waals surface area (Å²) in [6.45, 7) is 5.77. The number of benzene rings is 1. The highest BCUT2D eigenvalue weighted by atomic mass is 32.2. The van der Waals surface area contributed by atoms with Crippen molar-refractivity contribution >= 4 is 32.8 Å². The first-order chi connectivity index (χ1) is 19.2. The van der Waals surface area contributed by atoms with Crippen molar-refractivity contribution in [3.05, 3.63) is 54.0 Å². The number of sulfonamides is 1. The summed E-state index contributed by atoms with van der Waals surface area (Å²) in [5, 5.41) is 4.81. The quantitative estimate of drug-likeness (QED) is 0.359. The van der Waals surface area contributed by atoms with Crippen LogP contribution in [0.1, 0.15) is 16.2 Å². The van der Waals surface area contributed by atoms with Crippen LogP contribution < -0.4 is 4.90 Å². The topological polar surface area (TPSA) is 119 Å². The van der Waals surface area contributed by atoms with Crippen molar-refractivity contribution < 1.29 is 17.9 Å². The third kappa shape index (κ3) is 4.95. The minimum absolute atomic E-state index is 0.246. The molecule has 0 aliphatic carbocycles. The number of pyridine rings is 1. The summed E-state index contributed by atoms with van der Waals surface area (Å²) in [6.07, 6.45) is 3.08. The van der Waals surface area contributed by atoms with E-state index in [1.54, 1.807) is 21.2 Å². The molecular weight excluding hydrogens is 532 g/mol. The third-order valence-corrected chi connectivity index (χ3v) is 8.77. The molecule has 210 valence electrons. The Balaban J connectivity index is 1.38. The van der Waals surface area contributed by atoms with Gasteiger partial charge in [0, 0.05) is 64.1 Å². The van der Waals surface area contributed by atoms with E-state index in [0.29, 0.717) is 56.4 Å². The molecule has 12 nitrogen and oxygen atoms in total. The molecule has 5 heterocycles. The number of carbonyl (C=O) groups excluding carboxylic acids is 1. The third-order valence-electron chi connectivity index (χ3n) is 7.47. The average Bonchev–Trinajstić information content (AvgIpc) is 3.58. The highest BCUT2D eigenvalue weighted by Crippen LogP contribution is 2.30. The lowest BCUT2D eigenvalue weighted by Gasteiger charge is -2.32. The van der Waals surface area contributed by atoms with Gasteiger partial charge in [0.1, 0.15) is 5.52 Å². The van der Waals surface area contributed by atoms with Gasteiger partial charge < -0.3 is 19.1 Å². The molecule has 6 rings (SSSR count). The van der Waals surface area contributed by atoms with Crippen LogP contribution >= 0.6 is 0 Å². The Hall–Kier alpha value is -3.81. The second-order valence-electron chi connectivity index (χ2n) is 10.2. The lowest BCUT2D eigenvalue weighted by atomic mass is 10.1. The maximum atomic E-state index is 13.6. The number of rotatable bonds is 5. The second-order valence-corrected chi connectivity index (χ2v) is 12.2. The maximum absolute atomic E-state index is 13.6.